The number of nitrogens with one attached hydrogen (secondary N) is 1. The Balaban J connectivity index is 1.37. The molecular weight excluding hydrogens is 486 g/mol. The highest BCUT2D eigenvalue weighted by molar-refractivity contribution is 7.89. The smallest absolute Gasteiger partial charge is 0.243 e. The van der Waals surface area contributed by atoms with Crippen LogP contribution in [0.3, 0.4) is 0 Å². The monoisotopic (exact) mass is 521 g/mol. The zero-order valence-electron chi connectivity index (χ0n) is 21.2. The Kier molecular flexibility index (Phi) is 7.76. The number of carbonyl (C=O) groups is 1. The van der Waals surface area contributed by atoms with Gasteiger partial charge >= 0.3 is 0 Å². The average molecular weight is 522 g/mol. The maximum atomic E-state index is 13.6. The van der Waals surface area contributed by atoms with Crippen molar-refractivity contribution < 1.29 is 13.2 Å². The third kappa shape index (κ3) is 5.80. The van der Waals surface area contributed by atoms with Crippen LogP contribution in [-0.4, -0.2) is 79.3 Å². The average Bonchev–Trinajstić information content (AvgIpc) is 3.40. The van der Waals surface area contributed by atoms with Crippen LogP contribution in [0.1, 0.15) is 29.8 Å². The molecule has 196 valence electrons. The van der Waals surface area contributed by atoms with Crippen molar-refractivity contribution in [2.45, 2.75) is 29.9 Å². The van der Waals surface area contributed by atoms with E-state index in [2.05, 4.69) is 22.2 Å². The minimum Gasteiger partial charge on any atom is -0.349 e. The van der Waals surface area contributed by atoms with Gasteiger partial charge in [0.15, 0.2) is 0 Å². The van der Waals surface area contributed by atoms with Gasteiger partial charge in [-0.25, -0.2) is 8.42 Å². The molecule has 2 unspecified atom stereocenters. The Morgan fingerprint density at radius 3 is 2.27 bits per heavy atom. The van der Waals surface area contributed by atoms with Crippen LogP contribution in [0.5, 0.6) is 0 Å². The lowest BCUT2D eigenvalue weighted by Gasteiger charge is -2.37. The summed E-state index contributed by atoms with van der Waals surface area (Å²) in [6.45, 7) is 5.50. The molecule has 1 N–H and O–H groups in total. The second-order valence-electron chi connectivity index (χ2n) is 9.91. The summed E-state index contributed by atoms with van der Waals surface area (Å²) in [6, 6.07) is 21.6. The van der Waals surface area contributed by atoms with Crippen molar-refractivity contribution in [3.8, 4) is 0 Å². The summed E-state index contributed by atoms with van der Waals surface area (Å²) in [5.41, 5.74) is 1.90. The van der Waals surface area contributed by atoms with E-state index in [1.165, 1.54) is 4.31 Å². The number of aromatic nitrogens is 1. The van der Waals surface area contributed by atoms with Crippen LogP contribution in [0.4, 0.5) is 0 Å². The van der Waals surface area contributed by atoms with Crippen molar-refractivity contribution >= 4 is 15.9 Å². The Labute approximate surface area is 219 Å². The number of likely N-dealkylation sites (N-methyl/N-ethyl adjacent to an activating group) is 1. The highest BCUT2D eigenvalue weighted by Gasteiger charge is 2.38. The minimum absolute atomic E-state index is 0.0577. The number of amides is 1. The molecule has 2 aliphatic heterocycles. The first-order valence-electron chi connectivity index (χ1n) is 12.9. The van der Waals surface area contributed by atoms with Crippen LogP contribution in [0.2, 0.25) is 0 Å². The molecule has 0 spiro atoms. The van der Waals surface area contributed by atoms with Gasteiger partial charge in [0, 0.05) is 64.1 Å². The van der Waals surface area contributed by atoms with E-state index in [1.54, 1.807) is 30.3 Å². The van der Waals surface area contributed by atoms with Crippen molar-refractivity contribution in [2.75, 3.05) is 46.3 Å². The SMILES string of the molecule is CN1CCN(CC(NC(=O)CC2c3cccn3CCN2S(=O)(=O)c2ccccc2)c2ccccc2)CC1. The first-order valence-corrected chi connectivity index (χ1v) is 14.3. The van der Waals surface area contributed by atoms with Crippen LogP contribution in [0.15, 0.2) is 83.9 Å². The Morgan fingerprint density at radius 1 is 0.892 bits per heavy atom. The van der Waals surface area contributed by atoms with Gasteiger partial charge < -0.3 is 14.8 Å². The van der Waals surface area contributed by atoms with Gasteiger partial charge in [0.25, 0.3) is 0 Å². The Morgan fingerprint density at radius 2 is 1.57 bits per heavy atom. The number of piperazine rings is 1. The van der Waals surface area contributed by atoms with Crippen LogP contribution in [-0.2, 0) is 21.4 Å². The largest absolute Gasteiger partial charge is 0.349 e. The molecule has 37 heavy (non-hydrogen) atoms. The van der Waals surface area contributed by atoms with Crippen molar-refractivity contribution in [3.63, 3.8) is 0 Å². The summed E-state index contributed by atoms with van der Waals surface area (Å²) in [4.78, 5) is 18.5. The van der Waals surface area contributed by atoms with Crippen LogP contribution in [0.25, 0.3) is 0 Å². The maximum Gasteiger partial charge on any atom is 0.243 e. The standard InChI is InChI=1S/C28H35N5O3S/c1-30-15-17-31(18-16-30)22-25(23-9-4-2-5-10-23)29-28(34)21-27-26-13-8-14-32(26)19-20-33(27)37(35,36)24-11-6-3-7-12-24/h2-14,25,27H,15-22H2,1H3,(H,29,34). The van der Waals surface area contributed by atoms with E-state index in [0.717, 1.165) is 44.0 Å². The van der Waals surface area contributed by atoms with Gasteiger partial charge in [-0.3, -0.25) is 9.69 Å². The fourth-order valence-corrected chi connectivity index (χ4v) is 6.91. The molecule has 2 atom stereocenters. The van der Waals surface area contributed by atoms with Gasteiger partial charge in [0.05, 0.1) is 17.0 Å². The first-order chi connectivity index (χ1) is 17.9. The van der Waals surface area contributed by atoms with E-state index in [9.17, 15) is 13.2 Å². The summed E-state index contributed by atoms with van der Waals surface area (Å²) >= 11 is 0. The van der Waals surface area contributed by atoms with Crippen molar-refractivity contribution in [2.24, 2.45) is 0 Å². The zero-order chi connectivity index (χ0) is 25.8. The van der Waals surface area contributed by atoms with Crippen LogP contribution >= 0.6 is 0 Å². The lowest BCUT2D eigenvalue weighted by molar-refractivity contribution is -0.123. The lowest BCUT2D eigenvalue weighted by atomic mass is 10.0. The number of carbonyl (C=O) groups excluding carboxylic acids is 1. The third-order valence-corrected chi connectivity index (χ3v) is 9.34. The third-order valence-electron chi connectivity index (χ3n) is 7.42. The Bertz CT molecular complexity index is 1290. The molecule has 8 nitrogen and oxygen atoms in total. The number of rotatable bonds is 8. The number of sulfonamides is 1. The highest BCUT2D eigenvalue weighted by Crippen LogP contribution is 2.34. The molecular formula is C28H35N5O3S. The molecule has 0 saturated carbocycles. The molecule has 3 aromatic rings. The predicted molar refractivity (Wildman–Crippen MR) is 143 cm³/mol. The Hall–Kier alpha value is -2.98. The van der Waals surface area contributed by atoms with Crippen LogP contribution in [0, 0.1) is 0 Å². The molecule has 1 amide bonds. The highest BCUT2D eigenvalue weighted by atomic mass is 32.2. The number of hydrogen-bond donors (Lipinski definition) is 1. The molecule has 9 heteroatoms. The minimum atomic E-state index is -3.76. The molecule has 0 bridgehead atoms. The van der Waals surface area contributed by atoms with E-state index in [4.69, 9.17) is 0 Å². The van der Waals surface area contributed by atoms with Gasteiger partial charge in [-0.2, -0.15) is 4.31 Å². The molecule has 2 aromatic carbocycles. The van der Waals surface area contributed by atoms with E-state index >= 15 is 0 Å². The van der Waals surface area contributed by atoms with Crippen molar-refractivity contribution in [3.05, 3.63) is 90.3 Å². The summed E-state index contributed by atoms with van der Waals surface area (Å²) in [5.74, 6) is -0.157. The quantitative estimate of drug-likeness (QED) is 0.493. The molecule has 5 rings (SSSR count). The fourth-order valence-electron chi connectivity index (χ4n) is 5.30. The summed E-state index contributed by atoms with van der Waals surface area (Å²) in [5, 5.41) is 3.25. The molecule has 0 radical (unpaired) electrons. The molecule has 1 saturated heterocycles. The molecule has 1 aromatic heterocycles. The van der Waals surface area contributed by atoms with Gasteiger partial charge in [-0.1, -0.05) is 48.5 Å². The summed E-state index contributed by atoms with van der Waals surface area (Å²) in [7, 11) is -1.63. The van der Waals surface area contributed by atoms with Gasteiger partial charge in [0.2, 0.25) is 15.9 Å². The van der Waals surface area contributed by atoms with E-state index < -0.39 is 16.1 Å². The van der Waals surface area contributed by atoms with Crippen molar-refractivity contribution in [1.29, 1.82) is 0 Å². The van der Waals surface area contributed by atoms with Crippen LogP contribution < -0.4 is 5.32 Å². The zero-order valence-corrected chi connectivity index (χ0v) is 22.1. The van der Waals surface area contributed by atoms with E-state index in [1.807, 2.05) is 53.2 Å². The number of hydrogen-bond acceptors (Lipinski definition) is 5. The van der Waals surface area contributed by atoms with E-state index in [-0.39, 0.29) is 23.3 Å². The molecule has 1 fully saturated rings. The van der Waals surface area contributed by atoms with Crippen molar-refractivity contribution in [1.82, 2.24) is 24.0 Å². The number of nitrogens with zero attached hydrogens (tertiary/aromatic N) is 4. The second-order valence-corrected chi connectivity index (χ2v) is 11.8. The number of fused-ring (bicyclic) bond motifs is 1. The topological polar surface area (TPSA) is 77.9 Å². The summed E-state index contributed by atoms with van der Waals surface area (Å²) in [6.07, 6.45) is 2.01. The lowest BCUT2D eigenvalue weighted by Crippen LogP contribution is -2.48. The van der Waals surface area contributed by atoms with E-state index in [0.29, 0.717) is 13.1 Å². The fraction of sp³-hybridized carbons (Fsp3) is 0.393. The molecule has 0 aliphatic carbocycles. The van der Waals surface area contributed by atoms with Gasteiger partial charge in [-0.05, 0) is 36.9 Å². The van der Waals surface area contributed by atoms with Gasteiger partial charge in [-0.15, -0.1) is 0 Å². The normalized spacial score (nSPS) is 20.3. The molecule has 2 aliphatic rings. The second kappa shape index (κ2) is 11.2. The first kappa shape index (κ1) is 25.7. The van der Waals surface area contributed by atoms with Gasteiger partial charge in [0.1, 0.15) is 0 Å². The predicted octanol–water partition coefficient (Wildman–Crippen LogP) is 2.73. The molecule has 3 heterocycles. The maximum absolute atomic E-state index is 13.6. The summed E-state index contributed by atoms with van der Waals surface area (Å²) < 4.78 is 30.8. The number of benzene rings is 2.